The molecule has 0 atom stereocenters. The summed E-state index contributed by atoms with van der Waals surface area (Å²) in [6, 6.07) is 56.8. The van der Waals surface area contributed by atoms with E-state index in [4.69, 9.17) is 4.42 Å². The normalized spacial score (nSPS) is 11.7. The molecule has 0 radical (unpaired) electrons. The molecule has 0 saturated carbocycles. The van der Waals surface area contributed by atoms with Gasteiger partial charge in [0, 0.05) is 16.2 Å². The fourth-order valence-corrected chi connectivity index (χ4v) is 6.90. The molecule has 0 aliphatic heterocycles. The molecule has 0 N–H and O–H groups in total. The van der Waals surface area contributed by atoms with Crippen LogP contribution in [0.4, 0.5) is 0 Å². The smallest absolute Gasteiger partial charge is 0.143 e. The van der Waals surface area contributed by atoms with Crippen molar-refractivity contribution in [1.29, 1.82) is 0 Å². The monoisotopic (exact) mass is 546 g/mol. The third kappa shape index (κ3) is 3.72. The van der Waals surface area contributed by atoms with Crippen LogP contribution >= 0.6 is 0 Å². The van der Waals surface area contributed by atoms with Gasteiger partial charge in [-0.1, -0.05) is 133 Å². The van der Waals surface area contributed by atoms with Gasteiger partial charge in [-0.3, -0.25) is 0 Å². The van der Waals surface area contributed by atoms with Crippen molar-refractivity contribution in [2.24, 2.45) is 0 Å². The minimum atomic E-state index is 0.914. The van der Waals surface area contributed by atoms with Gasteiger partial charge in [-0.15, -0.1) is 0 Å². The van der Waals surface area contributed by atoms with E-state index in [0.717, 1.165) is 32.9 Å². The maximum atomic E-state index is 6.60. The van der Waals surface area contributed by atoms with Crippen molar-refractivity contribution in [3.63, 3.8) is 0 Å². The van der Waals surface area contributed by atoms with Gasteiger partial charge in [-0.25, -0.2) is 0 Å². The van der Waals surface area contributed by atoms with Crippen molar-refractivity contribution in [3.8, 4) is 33.4 Å². The third-order valence-corrected chi connectivity index (χ3v) is 8.84. The van der Waals surface area contributed by atoms with Gasteiger partial charge in [0.1, 0.15) is 11.2 Å². The van der Waals surface area contributed by atoms with E-state index in [1.54, 1.807) is 0 Å². The summed E-state index contributed by atoms with van der Waals surface area (Å²) >= 11 is 0. The molecular formula is C42H26O. The van der Waals surface area contributed by atoms with Crippen molar-refractivity contribution in [3.05, 3.63) is 158 Å². The van der Waals surface area contributed by atoms with E-state index < -0.39 is 0 Å². The zero-order chi connectivity index (χ0) is 28.3. The second-order valence-electron chi connectivity index (χ2n) is 11.3. The minimum Gasteiger partial charge on any atom is -0.455 e. The summed E-state index contributed by atoms with van der Waals surface area (Å²) in [5, 5.41) is 9.61. The Labute approximate surface area is 249 Å². The van der Waals surface area contributed by atoms with E-state index in [9.17, 15) is 0 Å². The number of hydrogen-bond acceptors (Lipinski definition) is 1. The molecule has 1 nitrogen and oxygen atoms in total. The summed E-state index contributed by atoms with van der Waals surface area (Å²) in [7, 11) is 0. The molecule has 0 aliphatic carbocycles. The van der Waals surface area contributed by atoms with Crippen LogP contribution in [-0.4, -0.2) is 0 Å². The first-order valence-electron chi connectivity index (χ1n) is 14.8. The third-order valence-electron chi connectivity index (χ3n) is 8.84. The van der Waals surface area contributed by atoms with Gasteiger partial charge < -0.3 is 4.42 Å². The Morgan fingerprint density at radius 2 is 0.837 bits per heavy atom. The van der Waals surface area contributed by atoms with E-state index in [0.29, 0.717) is 0 Å². The second-order valence-corrected chi connectivity index (χ2v) is 11.3. The number of hydrogen-bond donors (Lipinski definition) is 0. The van der Waals surface area contributed by atoms with Crippen molar-refractivity contribution in [1.82, 2.24) is 0 Å². The Balaban J connectivity index is 1.32. The van der Waals surface area contributed by atoms with E-state index in [-0.39, 0.29) is 0 Å². The highest BCUT2D eigenvalue weighted by atomic mass is 16.3. The lowest BCUT2D eigenvalue weighted by Crippen LogP contribution is -1.91. The van der Waals surface area contributed by atoms with Gasteiger partial charge in [0.15, 0.2) is 0 Å². The Hall–Kier alpha value is -5.66. The highest BCUT2D eigenvalue weighted by Crippen LogP contribution is 2.45. The SMILES string of the molecule is c1ccc(-c2cccc(-c3c4ccccc4c(-c4ccc5c(c4)oc4c6ccccc6ccc54)c4ccccc34)c2)cc1. The number of rotatable bonds is 3. The van der Waals surface area contributed by atoms with E-state index in [1.165, 1.54) is 54.7 Å². The largest absolute Gasteiger partial charge is 0.455 e. The summed E-state index contributed by atoms with van der Waals surface area (Å²) < 4.78 is 6.60. The summed E-state index contributed by atoms with van der Waals surface area (Å²) in [5.74, 6) is 0. The van der Waals surface area contributed by atoms with E-state index >= 15 is 0 Å². The predicted molar refractivity (Wildman–Crippen MR) is 183 cm³/mol. The Morgan fingerprint density at radius 1 is 0.302 bits per heavy atom. The fraction of sp³-hybridized carbons (Fsp3) is 0. The maximum Gasteiger partial charge on any atom is 0.143 e. The fourth-order valence-electron chi connectivity index (χ4n) is 6.90. The van der Waals surface area contributed by atoms with Crippen LogP contribution in [0.2, 0.25) is 0 Å². The molecule has 9 aromatic rings. The summed E-state index contributed by atoms with van der Waals surface area (Å²) in [4.78, 5) is 0. The number of fused-ring (bicyclic) bond motifs is 7. The maximum absolute atomic E-state index is 6.60. The first-order valence-corrected chi connectivity index (χ1v) is 14.8. The van der Waals surface area contributed by atoms with Crippen LogP contribution in [0.1, 0.15) is 0 Å². The molecule has 1 aromatic heterocycles. The van der Waals surface area contributed by atoms with Crippen molar-refractivity contribution in [2.45, 2.75) is 0 Å². The lowest BCUT2D eigenvalue weighted by Gasteiger charge is -2.18. The molecule has 0 bridgehead atoms. The van der Waals surface area contributed by atoms with Crippen LogP contribution < -0.4 is 0 Å². The highest BCUT2D eigenvalue weighted by Gasteiger charge is 2.18. The van der Waals surface area contributed by atoms with Crippen LogP contribution in [0.3, 0.4) is 0 Å². The Kier molecular flexibility index (Phi) is 5.27. The van der Waals surface area contributed by atoms with Crippen LogP contribution in [0.25, 0.3) is 87.6 Å². The van der Waals surface area contributed by atoms with Crippen molar-refractivity contribution in [2.75, 3.05) is 0 Å². The van der Waals surface area contributed by atoms with Gasteiger partial charge in [0.05, 0.1) is 0 Å². The first-order chi connectivity index (χ1) is 21.3. The average molecular weight is 547 g/mol. The van der Waals surface area contributed by atoms with Crippen molar-refractivity contribution < 1.29 is 4.42 Å². The molecule has 0 spiro atoms. The van der Waals surface area contributed by atoms with Crippen LogP contribution in [0.15, 0.2) is 162 Å². The van der Waals surface area contributed by atoms with Crippen LogP contribution in [-0.2, 0) is 0 Å². The second kappa shape index (κ2) is 9.44. The van der Waals surface area contributed by atoms with E-state index in [1.807, 2.05) is 0 Å². The summed E-state index contributed by atoms with van der Waals surface area (Å²) in [5.41, 5.74) is 9.20. The lowest BCUT2D eigenvalue weighted by molar-refractivity contribution is 0.673. The van der Waals surface area contributed by atoms with Gasteiger partial charge in [0.25, 0.3) is 0 Å². The lowest BCUT2D eigenvalue weighted by atomic mass is 9.85. The van der Waals surface area contributed by atoms with Crippen LogP contribution in [0, 0.1) is 0 Å². The average Bonchev–Trinajstić information content (AvgIpc) is 3.46. The molecule has 0 fully saturated rings. The van der Waals surface area contributed by atoms with Gasteiger partial charge >= 0.3 is 0 Å². The van der Waals surface area contributed by atoms with E-state index in [2.05, 4.69) is 158 Å². The molecule has 0 aliphatic rings. The molecule has 200 valence electrons. The quantitative estimate of drug-likeness (QED) is 0.201. The molecule has 0 saturated heterocycles. The predicted octanol–water partition coefficient (Wildman–Crippen LogP) is 12.0. The molecule has 0 unspecified atom stereocenters. The number of furan rings is 1. The first kappa shape index (κ1) is 24.0. The van der Waals surface area contributed by atoms with Crippen LogP contribution in [0.5, 0.6) is 0 Å². The zero-order valence-corrected chi connectivity index (χ0v) is 23.4. The van der Waals surface area contributed by atoms with Gasteiger partial charge in [0.2, 0.25) is 0 Å². The Morgan fingerprint density at radius 3 is 1.53 bits per heavy atom. The zero-order valence-electron chi connectivity index (χ0n) is 23.4. The highest BCUT2D eigenvalue weighted by molar-refractivity contribution is 6.22. The summed E-state index contributed by atoms with van der Waals surface area (Å²) in [6.45, 7) is 0. The molecule has 0 amide bonds. The standard InChI is InChI=1S/C42H26O/c1-2-11-27(12-3-1)29-14-10-15-30(25-29)40-34-17-6-8-19-36(34)41(37-20-9-7-18-35(37)40)31-22-23-33-38-24-21-28-13-4-5-16-32(28)42(38)43-39(33)26-31/h1-26H. The molecule has 43 heavy (non-hydrogen) atoms. The molecule has 1 heterocycles. The molecular weight excluding hydrogens is 520 g/mol. The number of benzene rings is 8. The topological polar surface area (TPSA) is 13.1 Å². The van der Waals surface area contributed by atoms with Gasteiger partial charge in [-0.2, -0.15) is 0 Å². The molecule has 1 heteroatoms. The molecule has 9 rings (SSSR count). The molecule has 8 aromatic carbocycles. The minimum absolute atomic E-state index is 0.914. The summed E-state index contributed by atoms with van der Waals surface area (Å²) in [6.07, 6.45) is 0. The van der Waals surface area contributed by atoms with Gasteiger partial charge in [-0.05, 0) is 84.6 Å². The van der Waals surface area contributed by atoms with Crippen molar-refractivity contribution >= 4 is 54.3 Å². The Bertz CT molecular complexity index is 2440.